The molecular weight excluding hydrogens is 1660 g/mol. The molecule has 0 unspecified atom stereocenters. The van der Waals surface area contributed by atoms with Crippen LogP contribution < -0.4 is 0 Å². The molecule has 0 aliphatic carbocycles. The zero-order valence-corrected chi connectivity index (χ0v) is 70.5. The molecule has 6 heterocycles. The van der Waals surface area contributed by atoms with Gasteiger partial charge in [-0.1, -0.05) is 363 Å². The molecule has 612 valence electrons. The minimum absolute atomic E-state index is 0.173. The van der Waals surface area contributed by atoms with Gasteiger partial charge >= 0.3 is 0 Å². The van der Waals surface area contributed by atoms with Crippen molar-refractivity contribution in [3.63, 3.8) is 0 Å². The van der Waals surface area contributed by atoms with Crippen LogP contribution in [-0.4, -0.2) is 0 Å². The number of para-hydroxylation sites is 4. The van der Waals surface area contributed by atoms with Crippen LogP contribution in [0.5, 0.6) is 0 Å². The number of furan rings is 3. The Kier molecular flexibility index (Phi) is 10.5. The van der Waals surface area contributed by atoms with Crippen LogP contribution in [0.3, 0.4) is 0 Å². The van der Waals surface area contributed by atoms with E-state index in [4.69, 9.17) is 46.1 Å². The van der Waals surface area contributed by atoms with Gasteiger partial charge in [-0.3, -0.25) is 0 Å². The molecule has 6 heteroatoms. The summed E-state index contributed by atoms with van der Waals surface area (Å²) in [6.07, 6.45) is 0. The first kappa shape index (κ1) is 46.6. The molecule has 6 aromatic heterocycles. The molecule has 3 nitrogen and oxygen atoms in total. The van der Waals surface area contributed by atoms with Crippen LogP contribution in [-0.2, 0) is 0 Å². The SMILES string of the molecule is [2H]c1c([2H])c([2H])c2c(-c3ccc4c(c3)sc3ccc5ccccc5c34)c3c([2H])c([2H])c([2H])c([2H])c3c(-c3ccc4c(c3)oc3ccc5ccccc5c34)c2c1[2H].[2H]c1c([2H])c([2H])c2c(-c3ccc4sc5ccccc5c4c3)c3c([2H])c([2H])c([2H])c([2H])c3c(-c3ccc4c(c3)sc3ccc5ccccc5c34)c2c1[2H].[2H]c1c([2H])c([2H])c2c(oc3c(-c4c5c([2H])c([2H])c([2H])c([2H])c5c(-c5c([2H])c([2H])c([2H])c6c5oc5c([2H])c([2H])c([2H])c([2H])c56)c5c([2H])c([2H])c([2H])c([2H])c45)c([2H])c([2H])c([2H])c32)c1[2H]. The zero-order valence-electron chi connectivity index (χ0n) is 106. The molecule has 30 aromatic rings. The lowest BCUT2D eigenvalue weighted by Crippen LogP contribution is -1.91. The number of hydrogen-bond donors (Lipinski definition) is 0. The number of fused-ring (bicyclic) bond motifs is 30. The van der Waals surface area contributed by atoms with E-state index in [0.29, 0.717) is 55.7 Å². The fourth-order valence-corrected chi connectivity index (χ4v) is 22.9. The topological polar surface area (TPSA) is 39.4 Å². The van der Waals surface area contributed by atoms with Crippen LogP contribution >= 0.6 is 34.0 Å². The van der Waals surface area contributed by atoms with Crippen molar-refractivity contribution in [3.05, 3.63) is 436 Å². The number of benzene rings is 24. The Hall–Kier alpha value is -16.3. The standard InChI is InChI=1S/C46H26OS.C42H24S2.C38H22O2/c1-3-11-31-27(9-1)19-23-39-45(31)37-21-17-29(25-40(37)47-39)43-33-13-5-7-15-35(33)44(36-16-8-6-14-34(36)43)30-18-22-38-42(26-30)48-41-24-20-28-10-2-4-12-32(28)46(38)41;1-2-10-28-25(9-1)18-22-38-42(28)34-20-17-27(24-39(34)44-38)41-32-14-5-3-12-30(32)40(31-13-4-6-15-33(31)41)26-19-21-37-35(23-26)29-11-7-8-16-36(29)43-37;1-2-14-26-25(13-1)35(31-19-9-17-29-23-11-5-7-21-33(23)39-37(29)31)27-15-3-4-16-28(27)36(26)32-20-10-18-30-24-12-6-8-22-34(24)40-38(30)32/h1-26H;1-24H;1-22H/i5D,6D,7D,8D,13D,14D,15D,16D;3D,4D,5D,6D,12D,13D,14D,15D;1D,2D,3D,4D,5D,6D,7D,8D,9D,10D,11D,12D,13D,14D,15D,16D,17D,18D,19D,20D,21D,22D. The first-order valence-corrected chi connectivity index (χ1v) is 44.4. The second-order valence-electron chi connectivity index (χ2n) is 32.0. The first-order chi connectivity index (χ1) is 81.3. The van der Waals surface area contributed by atoms with Crippen molar-refractivity contribution < 1.29 is 65.3 Å². The minimum atomic E-state index is -0.906. The average molecular weight is 1770 g/mol. The van der Waals surface area contributed by atoms with Gasteiger partial charge in [-0.15, -0.1) is 34.0 Å². The lowest BCUT2D eigenvalue weighted by molar-refractivity contribution is 0.669. The van der Waals surface area contributed by atoms with Crippen molar-refractivity contribution in [1.82, 2.24) is 0 Å². The number of thiophene rings is 3. The monoisotopic (exact) mass is 1770 g/mol. The molecule has 0 bridgehead atoms. The van der Waals surface area contributed by atoms with E-state index in [1.165, 1.54) is 0 Å². The molecule has 0 saturated heterocycles. The zero-order chi connectivity index (χ0) is 119. The molecule has 0 aliphatic rings. The van der Waals surface area contributed by atoms with Crippen LogP contribution in [0.25, 0.3) is 290 Å². The Morgan fingerprint density at radius 3 is 0.924 bits per heavy atom. The average Bonchev–Trinajstić information content (AvgIpc) is 1.40. The molecule has 0 spiro atoms. The summed E-state index contributed by atoms with van der Waals surface area (Å²) in [6, 6.07) is 44.8. The van der Waals surface area contributed by atoms with Gasteiger partial charge in [0.2, 0.25) is 0 Å². The molecule has 0 atom stereocenters. The van der Waals surface area contributed by atoms with Crippen molar-refractivity contribution in [2.24, 2.45) is 0 Å². The van der Waals surface area contributed by atoms with E-state index < -0.39 is 258 Å². The highest BCUT2D eigenvalue weighted by Crippen LogP contribution is 2.54. The molecule has 30 rings (SSSR count). The van der Waals surface area contributed by atoms with Crippen LogP contribution in [0, 0.1) is 0 Å². The summed E-state index contributed by atoms with van der Waals surface area (Å²) in [5, 5.41) is 12.4. The molecule has 0 fully saturated rings. The van der Waals surface area contributed by atoms with E-state index >= 15 is 0 Å². The van der Waals surface area contributed by atoms with Crippen LogP contribution in [0.15, 0.2) is 449 Å². The van der Waals surface area contributed by atoms with Gasteiger partial charge in [0.15, 0.2) is 0 Å². The van der Waals surface area contributed by atoms with Crippen molar-refractivity contribution >= 4 is 257 Å². The highest BCUT2D eigenvalue weighted by molar-refractivity contribution is 7.26. The summed E-state index contributed by atoms with van der Waals surface area (Å²) in [5.41, 5.74) is 0.373. The van der Waals surface area contributed by atoms with Gasteiger partial charge in [-0.2, -0.15) is 0 Å². The summed E-state index contributed by atoms with van der Waals surface area (Å²) in [6.45, 7) is 0. The van der Waals surface area contributed by atoms with Crippen molar-refractivity contribution in [2.75, 3.05) is 0 Å². The molecule has 24 aromatic carbocycles. The predicted molar refractivity (Wildman–Crippen MR) is 570 cm³/mol. The molecule has 0 amide bonds. The van der Waals surface area contributed by atoms with E-state index in [2.05, 4.69) is 54.6 Å². The second kappa shape index (κ2) is 29.6. The van der Waals surface area contributed by atoms with Crippen molar-refractivity contribution in [3.8, 4) is 66.8 Å². The van der Waals surface area contributed by atoms with E-state index in [-0.39, 0.29) is 102 Å². The van der Waals surface area contributed by atoms with E-state index in [1.54, 1.807) is 34.0 Å². The Labute approximate surface area is 821 Å². The Bertz CT molecular complexity index is 12000. The summed E-state index contributed by atoms with van der Waals surface area (Å²) in [5.74, 6) is 0. The highest BCUT2D eigenvalue weighted by Gasteiger charge is 2.27. The second-order valence-corrected chi connectivity index (χ2v) is 35.2. The molecule has 0 saturated carbocycles. The van der Waals surface area contributed by atoms with E-state index in [0.717, 1.165) is 104 Å². The van der Waals surface area contributed by atoms with Gasteiger partial charge in [0.25, 0.3) is 0 Å². The van der Waals surface area contributed by atoms with Gasteiger partial charge in [0.1, 0.15) is 33.5 Å². The van der Waals surface area contributed by atoms with Gasteiger partial charge < -0.3 is 13.3 Å². The normalized spacial score (nSPS) is 16.1. The first-order valence-electron chi connectivity index (χ1n) is 60.9. The lowest BCUT2D eigenvalue weighted by atomic mass is 9.85. The third-order valence-corrected chi connectivity index (χ3v) is 28.5. The van der Waals surface area contributed by atoms with Crippen LogP contribution in [0.2, 0.25) is 0 Å². The minimum Gasteiger partial charge on any atom is -0.456 e. The van der Waals surface area contributed by atoms with Crippen LogP contribution in [0.1, 0.15) is 52.1 Å². The van der Waals surface area contributed by atoms with Crippen molar-refractivity contribution in [1.29, 1.82) is 0 Å². The summed E-state index contributed by atoms with van der Waals surface area (Å²) in [7, 11) is 0. The third kappa shape index (κ3) is 11.5. The third-order valence-electron chi connectivity index (χ3n) is 25.1. The molecule has 0 aliphatic heterocycles. The highest BCUT2D eigenvalue weighted by atomic mass is 32.1. The van der Waals surface area contributed by atoms with Crippen molar-refractivity contribution in [2.45, 2.75) is 0 Å². The summed E-state index contributed by atoms with van der Waals surface area (Å²) < 4.78 is 365. The fraction of sp³-hybridized carbons (Fsp3) is 0. The molecular formula is C126H72O3S3. The van der Waals surface area contributed by atoms with Gasteiger partial charge in [0, 0.05) is 115 Å². The summed E-state index contributed by atoms with van der Waals surface area (Å²) in [4.78, 5) is 0. The van der Waals surface area contributed by atoms with Crippen LogP contribution in [0.4, 0.5) is 0 Å². The predicted octanol–water partition coefficient (Wildman–Crippen LogP) is 38.2. The summed E-state index contributed by atoms with van der Waals surface area (Å²) >= 11 is 4.89. The maximum Gasteiger partial charge on any atom is 0.143 e. The maximum absolute atomic E-state index is 9.39. The van der Waals surface area contributed by atoms with E-state index in [9.17, 15) is 19.2 Å². The quantitative estimate of drug-likeness (QED) is 0.156. The Morgan fingerprint density at radius 1 is 0.167 bits per heavy atom. The van der Waals surface area contributed by atoms with Gasteiger partial charge in [0.05, 0.1) is 52.1 Å². The smallest absolute Gasteiger partial charge is 0.143 e. The Morgan fingerprint density at radius 2 is 0.485 bits per heavy atom. The van der Waals surface area contributed by atoms with E-state index in [1.807, 2.05) is 152 Å². The Balaban J connectivity index is 0.000000118. The maximum atomic E-state index is 9.39. The number of rotatable bonds is 6. The molecule has 0 radical (unpaired) electrons. The molecule has 0 N–H and O–H groups in total. The lowest BCUT2D eigenvalue weighted by Gasteiger charge is -2.18. The van der Waals surface area contributed by atoms with Gasteiger partial charge in [-0.25, -0.2) is 0 Å². The molecule has 132 heavy (non-hydrogen) atoms. The largest absolute Gasteiger partial charge is 0.456 e. The number of hydrogen-bond acceptors (Lipinski definition) is 6. The van der Waals surface area contributed by atoms with Gasteiger partial charge in [-0.05, 0) is 214 Å². The fourth-order valence-electron chi connectivity index (χ4n) is 19.5.